The number of carbonyl (C=O) groups is 1. The Hall–Kier alpha value is -1.70. The van der Waals surface area contributed by atoms with Crippen LogP contribution in [0.25, 0.3) is 0 Å². The van der Waals surface area contributed by atoms with Gasteiger partial charge in [0.25, 0.3) is 5.91 Å². The number of nitrogens with zero attached hydrogens (tertiary/aromatic N) is 4. The number of aliphatic hydroxyl groups excluding tert-OH is 1. The first-order valence-corrected chi connectivity index (χ1v) is 10.2. The van der Waals surface area contributed by atoms with Crippen LogP contribution >= 0.6 is 0 Å². The number of rotatable bonds is 3. The Morgan fingerprint density at radius 3 is 2.52 bits per heavy atom. The Labute approximate surface area is 160 Å². The van der Waals surface area contributed by atoms with Gasteiger partial charge in [0.1, 0.15) is 5.82 Å². The summed E-state index contributed by atoms with van der Waals surface area (Å²) in [7, 11) is 0. The average molecular weight is 374 g/mol. The molecule has 3 saturated heterocycles. The van der Waals surface area contributed by atoms with Crippen molar-refractivity contribution < 1.29 is 14.6 Å². The molecule has 7 heteroatoms. The number of hydrogen-bond donors (Lipinski definition) is 1. The normalized spacial score (nSPS) is 25.6. The minimum Gasteiger partial charge on any atom is -0.391 e. The summed E-state index contributed by atoms with van der Waals surface area (Å²) >= 11 is 0. The molecule has 0 spiro atoms. The molecule has 0 unspecified atom stereocenters. The minimum absolute atomic E-state index is 0.0770. The van der Waals surface area contributed by atoms with Crippen LogP contribution in [-0.4, -0.2) is 90.4 Å². The monoisotopic (exact) mass is 374 g/mol. The standard InChI is InChI=1S/C20H30N4O3/c25-18-2-1-7-24(15-18)19-4-3-16(14-21-19)20(26)23-8-5-17(6-9-23)22-10-12-27-13-11-22/h3-4,14,17-18,25H,1-2,5-13,15H2/t18-/m1/s1. The van der Waals surface area contributed by atoms with Gasteiger partial charge in [-0.15, -0.1) is 0 Å². The van der Waals surface area contributed by atoms with Crippen LogP contribution in [0.2, 0.25) is 0 Å². The summed E-state index contributed by atoms with van der Waals surface area (Å²) in [5.74, 6) is 0.921. The van der Waals surface area contributed by atoms with Crippen LogP contribution in [0.15, 0.2) is 18.3 Å². The Balaban J connectivity index is 1.32. The highest BCUT2D eigenvalue weighted by Gasteiger charge is 2.28. The van der Waals surface area contributed by atoms with E-state index in [1.54, 1.807) is 6.20 Å². The van der Waals surface area contributed by atoms with Crippen molar-refractivity contribution in [2.24, 2.45) is 0 Å². The predicted octanol–water partition coefficient (Wildman–Crippen LogP) is 0.979. The number of likely N-dealkylation sites (tertiary alicyclic amines) is 1. The third-order valence-corrected chi connectivity index (χ3v) is 6.03. The van der Waals surface area contributed by atoms with Crippen molar-refractivity contribution >= 4 is 11.7 Å². The van der Waals surface area contributed by atoms with E-state index in [0.29, 0.717) is 18.2 Å². The number of amides is 1. The molecule has 0 radical (unpaired) electrons. The summed E-state index contributed by atoms with van der Waals surface area (Å²) in [4.78, 5) is 23.9. The van der Waals surface area contributed by atoms with Gasteiger partial charge in [-0.05, 0) is 37.8 Å². The number of aliphatic hydroxyl groups is 1. The summed E-state index contributed by atoms with van der Waals surface area (Å²) in [5.41, 5.74) is 0.654. The number of morpholine rings is 1. The molecule has 0 saturated carbocycles. The molecule has 1 atom stereocenters. The average Bonchev–Trinajstić information content (AvgIpc) is 2.74. The van der Waals surface area contributed by atoms with Gasteiger partial charge in [-0.25, -0.2) is 4.98 Å². The molecular formula is C20H30N4O3. The lowest BCUT2D eigenvalue weighted by molar-refractivity contribution is 0.00158. The van der Waals surface area contributed by atoms with Gasteiger partial charge in [-0.3, -0.25) is 9.69 Å². The van der Waals surface area contributed by atoms with Crippen molar-refractivity contribution in [1.82, 2.24) is 14.8 Å². The van der Waals surface area contributed by atoms with E-state index >= 15 is 0 Å². The summed E-state index contributed by atoms with van der Waals surface area (Å²) in [6.07, 6.45) is 5.29. The third-order valence-electron chi connectivity index (χ3n) is 6.03. The van der Waals surface area contributed by atoms with Crippen molar-refractivity contribution in [3.63, 3.8) is 0 Å². The second-order valence-electron chi connectivity index (χ2n) is 7.82. The highest BCUT2D eigenvalue weighted by Crippen LogP contribution is 2.21. The topological polar surface area (TPSA) is 69.1 Å². The van der Waals surface area contributed by atoms with E-state index < -0.39 is 0 Å². The second-order valence-corrected chi connectivity index (χ2v) is 7.82. The quantitative estimate of drug-likeness (QED) is 0.851. The highest BCUT2D eigenvalue weighted by atomic mass is 16.5. The van der Waals surface area contributed by atoms with Gasteiger partial charge in [0.2, 0.25) is 0 Å². The molecule has 4 rings (SSSR count). The van der Waals surface area contributed by atoms with Crippen molar-refractivity contribution in [3.8, 4) is 0 Å². The maximum Gasteiger partial charge on any atom is 0.255 e. The first kappa shape index (κ1) is 18.7. The number of hydrogen-bond acceptors (Lipinski definition) is 6. The molecule has 0 bridgehead atoms. The van der Waals surface area contributed by atoms with Crippen LogP contribution in [0.3, 0.4) is 0 Å². The van der Waals surface area contributed by atoms with Crippen LogP contribution in [0.1, 0.15) is 36.0 Å². The first-order valence-electron chi connectivity index (χ1n) is 10.2. The van der Waals surface area contributed by atoms with Crippen LogP contribution < -0.4 is 4.90 Å². The van der Waals surface area contributed by atoms with Crippen LogP contribution in [0.4, 0.5) is 5.82 Å². The number of ether oxygens (including phenoxy) is 1. The molecule has 3 aliphatic rings. The van der Waals surface area contributed by atoms with E-state index in [4.69, 9.17) is 4.74 Å². The van der Waals surface area contributed by atoms with E-state index in [2.05, 4.69) is 14.8 Å². The van der Waals surface area contributed by atoms with E-state index in [1.165, 1.54) is 0 Å². The number of pyridine rings is 1. The lowest BCUT2D eigenvalue weighted by Gasteiger charge is -2.40. The molecule has 3 fully saturated rings. The molecule has 1 aromatic rings. The summed E-state index contributed by atoms with van der Waals surface area (Å²) in [6.45, 7) is 6.81. The largest absolute Gasteiger partial charge is 0.391 e. The zero-order valence-electron chi connectivity index (χ0n) is 15.9. The molecule has 1 amide bonds. The molecule has 7 nitrogen and oxygen atoms in total. The molecule has 148 valence electrons. The Morgan fingerprint density at radius 1 is 1.07 bits per heavy atom. The number of piperidine rings is 2. The van der Waals surface area contributed by atoms with Crippen LogP contribution in [0.5, 0.6) is 0 Å². The lowest BCUT2D eigenvalue weighted by Crippen LogP contribution is -2.50. The van der Waals surface area contributed by atoms with Gasteiger partial charge in [0, 0.05) is 51.5 Å². The molecule has 0 aliphatic carbocycles. The van der Waals surface area contributed by atoms with Gasteiger partial charge in [-0.2, -0.15) is 0 Å². The van der Waals surface area contributed by atoms with Crippen molar-refractivity contribution in [1.29, 1.82) is 0 Å². The zero-order chi connectivity index (χ0) is 18.6. The van der Waals surface area contributed by atoms with Crippen molar-refractivity contribution in [2.75, 3.05) is 57.4 Å². The molecule has 0 aromatic carbocycles. The highest BCUT2D eigenvalue weighted by molar-refractivity contribution is 5.94. The summed E-state index contributed by atoms with van der Waals surface area (Å²) < 4.78 is 5.44. The van der Waals surface area contributed by atoms with Gasteiger partial charge in [-0.1, -0.05) is 0 Å². The fourth-order valence-electron chi connectivity index (χ4n) is 4.42. The Morgan fingerprint density at radius 2 is 1.85 bits per heavy atom. The maximum absolute atomic E-state index is 12.8. The number of aromatic nitrogens is 1. The van der Waals surface area contributed by atoms with E-state index in [0.717, 1.165) is 77.4 Å². The molecule has 4 heterocycles. The molecule has 27 heavy (non-hydrogen) atoms. The minimum atomic E-state index is -0.283. The van der Waals surface area contributed by atoms with E-state index in [9.17, 15) is 9.90 Å². The molecular weight excluding hydrogens is 344 g/mol. The maximum atomic E-state index is 12.8. The second kappa shape index (κ2) is 8.54. The summed E-state index contributed by atoms with van der Waals surface area (Å²) in [6, 6.07) is 4.36. The van der Waals surface area contributed by atoms with Gasteiger partial charge in [0.15, 0.2) is 0 Å². The van der Waals surface area contributed by atoms with E-state index in [1.807, 2.05) is 17.0 Å². The fraction of sp³-hybridized carbons (Fsp3) is 0.700. The van der Waals surface area contributed by atoms with Crippen molar-refractivity contribution in [3.05, 3.63) is 23.9 Å². The van der Waals surface area contributed by atoms with Crippen molar-refractivity contribution in [2.45, 2.75) is 37.8 Å². The summed E-state index contributed by atoms with van der Waals surface area (Å²) in [5, 5.41) is 9.83. The van der Waals surface area contributed by atoms with Crippen LogP contribution in [-0.2, 0) is 4.74 Å². The number of anilines is 1. The van der Waals surface area contributed by atoms with E-state index in [-0.39, 0.29) is 12.0 Å². The molecule has 1 aromatic heterocycles. The molecule has 3 aliphatic heterocycles. The van der Waals surface area contributed by atoms with Gasteiger partial charge >= 0.3 is 0 Å². The van der Waals surface area contributed by atoms with Gasteiger partial charge in [0.05, 0.1) is 24.9 Å². The number of β-amino-alcohol motifs (C(OH)–C–C–N with tert-alkyl or cyclic N) is 1. The Kier molecular flexibility index (Phi) is 5.90. The lowest BCUT2D eigenvalue weighted by atomic mass is 10.0. The first-order chi connectivity index (χ1) is 13.2. The Bertz CT molecular complexity index is 625. The SMILES string of the molecule is O=C(c1ccc(N2CCC[C@@H](O)C2)nc1)N1CCC(N2CCOCC2)CC1. The predicted molar refractivity (Wildman–Crippen MR) is 103 cm³/mol. The smallest absolute Gasteiger partial charge is 0.255 e. The third kappa shape index (κ3) is 4.42. The van der Waals surface area contributed by atoms with Crippen LogP contribution in [0, 0.1) is 0 Å². The zero-order valence-corrected chi connectivity index (χ0v) is 15.9. The number of carbonyl (C=O) groups excluding carboxylic acids is 1. The fourth-order valence-corrected chi connectivity index (χ4v) is 4.42. The molecule has 1 N–H and O–H groups in total. The van der Waals surface area contributed by atoms with Gasteiger partial charge < -0.3 is 19.6 Å².